The van der Waals surface area contributed by atoms with Crippen LogP contribution in [0.4, 0.5) is 0 Å². The van der Waals surface area contributed by atoms with Crippen molar-refractivity contribution in [3.8, 4) is 11.5 Å². The van der Waals surface area contributed by atoms with E-state index in [1.54, 1.807) is 20.3 Å². The van der Waals surface area contributed by atoms with Gasteiger partial charge in [-0.3, -0.25) is 4.79 Å². The normalized spacial score (nSPS) is 10.1. The molecule has 0 fully saturated rings. The van der Waals surface area contributed by atoms with Gasteiger partial charge in [-0.05, 0) is 29.7 Å². The molecule has 0 saturated heterocycles. The summed E-state index contributed by atoms with van der Waals surface area (Å²) in [6, 6.07) is 15.6. The Morgan fingerprint density at radius 2 is 1.59 bits per heavy atom. The molecule has 0 spiro atoms. The van der Waals surface area contributed by atoms with Crippen molar-refractivity contribution in [2.45, 2.75) is 19.4 Å². The first kappa shape index (κ1) is 15.9. The van der Waals surface area contributed by atoms with Crippen molar-refractivity contribution in [2.75, 3.05) is 14.2 Å². The van der Waals surface area contributed by atoms with Crippen LogP contribution in [0.5, 0.6) is 11.5 Å². The number of nitrogens with one attached hydrogen (secondary N) is 1. The number of rotatable bonds is 7. The van der Waals surface area contributed by atoms with E-state index in [4.69, 9.17) is 9.47 Å². The Labute approximate surface area is 131 Å². The fraction of sp³-hybridized carbons (Fsp3) is 0.278. The Hall–Kier alpha value is -2.49. The van der Waals surface area contributed by atoms with Crippen LogP contribution in [0, 0.1) is 0 Å². The van der Waals surface area contributed by atoms with E-state index in [0.717, 1.165) is 12.0 Å². The zero-order chi connectivity index (χ0) is 15.8. The maximum Gasteiger partial charge on any atom is 0.220 e. The summed E-state index contributed by atoms with van der Waals surface area (Å²) < 4.78 is 10.4. The van der Waals surface area contributed by atoms with Crippen molar-refractivity contribution in [2.24, 2.45) is 0 Å². The number of aryl methyl sites for hydroxylation is 1. The number of carbonyl (C=O) groups excluding carboxylic acids is 1. The maximum absolute atomic E-state index is 11.9. The molecule has 0 aliphatic carbocycles. The number of hydrogen-bond acceptors (Lipinski definition) is 3. The second kappa shape index (κ2) is 8.08. The predicted molar refractivity (Wildman–Crippen MR) is 86.2 cm³/mol. The highest BCUT2D eigenvalue weighted by atomic mass is 16.5. The highest BCUT2D eigenvalue weighted by Crippen LogP contribution is 2.22. The van der Waals surface area contributed by atoms with Gasteiger partial charge in [-0.2, -0.15) is 0 Å². The van der Waals surface area contributed by atoms with Gasteiger partial charge in [0.1, 0.15) is 11.5 Å². The minimum Gasteiger partial charge on any atom is -0.497 e. The molecule has 0 heterocycles. The van der Waals surface area contributed by atoms with Crippen LogP contribution in [0.2, 0.25) is 0 Å². The van der Waals surface area contributed by atoms with Crippen molar-refractivity contribution in [3.63, 3.8) is 0 Å². The molecule has 22 heavy (non-hydrogen) atoms. The van der Waals surface area contributed by atoms with Crippen LogP contribution in [0.25, 0.3) is 0 Å². The molecular formula is C18H21NO3. The van der Waals surface area contributed by atoms with Gasteiger partial charge in [-0.15, -0.1) is 0 Å². The summed E-state index contributed by atoms with van der Waals surface area (Å²) in [5, 5.41) is 2.92. The molecule has 1 amide bonds. The largest absolute Gasteiger partial charge is 0.497 e. The number of amides is 1. The summed E-state index contributed by atoms with van der Waals surface area (Å²) in [5.74, 6) is 1.46. The van der Waals surface area contributed by atoms with Gasteiger partial charge >= 0.3 is 0 Å². The lowest BCUT2D eigenvalue weighted by atomic mass is 10.1. The average Bonchev–Trinajstić information content (AvgIpc) is 2.58. The quantitative estimate of drug-likeness (QED) is 0.855. The van der Waals surface area contributed by atoms with E-state index in [2.05, 4.69) is 5.32 Å². The average molecular weight is 299 g/mol. The van der Waals surface area contributed by atoms with Crippen LogP contribution in [0.3, 0.4) is 0 Å². The molecule has 2 aromatic carbocycles. The monoisotopic (exact) mass is 299 g/mol. The van der Waals surface area contributed by atoms with E-state index in [-0.39, 0.29) is 5.91 Å². The molecule has 0 aromatic heterocycles. The Morgan fingerprint density at radius 1 is 0.955 bits per heavy atom. The molecule has 0 radical (unpaired) electrons. The molecule has 1 N–H and O–H groups in total. The second-order valence-corrected chi connectivity index (χ2v) is 4.98. The van der Waals surface area contributed by atoms with Crippen molar-refractivity contribution in [1.29, 1.82) is 0 Å². The molecule has 116 valence electrons. The molecule has 2 rings (SSSR count). The third-order valence-corrected chi connectivity index (χ3v) is 3.38. The minimum atomic E-state index is 0.0330. The third kappa shape index (κ3) is 4.81. The second-order valence-electron chi connectivity index (χ2n) is 4.98. The first-order valence-electron chi connectivity index (χ1n) is 7.24. The molecule has 0 unspecified atom stereocenters. The lowest BCUT2D eigenvalue weighted by molar-refractivity contribution is -0.121. The number of hydrogen-bond donors (Lipinski definition) is 1. The van der Waals surface area contributed by atoms with Crippen molar-refractivity contribution >= 4 is 5.91 Å². The van der Waals surface area contributed by atoms with Gasteiger partial charge in [0.25, 0.3) is 0 Å². The summed E-state index contributed by atoms with van der Waals surface area (Å²) in [4.78, 5) is 11.9. The molecule has 0 aliphatic heterocycles. The van der Waals surface area contributed by atoms with Crippen LogP contribution in [0.1, 0.15) is 17.5 Å². The number of ether oxygens (including phenoxy) is 2. The van der Waals surface area contributed by atoms with Gasteiger partial charge in [0.05, 0.1) is 14.2 Å². The van der Waals surface area contributed by atoms with Crippen molar-refractivity contribution in [1.82, 2.24) is 5.32 Å². The number of benzene rings is 2. The Morgan fingerprint density at radius 3 is 2.18 bits per heavy atom. The van der Waals surface area contributed by atoms with Gasteiger partial charge in [0.2, 0.25) is 5.91 Å². The van der Waals surface area contributed by atoms with E-state index in [1.165, 1.54) is 5.56 Å². The highest BCUT2D eigenvalue weighted by Gasteiger charge is 2.05. The van der Waals surface area contributed by atoms with E-state index in [1.807, 2.05) is 42.5 Å². The van der Waals surface area contributed by atoms with Gasteiger partial charge < -0.3 is 14.8 Å². The molecule has 4 heteroatoms. The SMILES string of the molecule is COc1cc(CNC(=O)CCc2ccccc2)cc(OC)c1. The first-order chi connectivity index (χ1) is 10.7. The van der Waals surface area contributed by atoms with E-state index >= 15 is 0 Å². The molecule has 0 bridgehead atoms. The summed E-state index contributed by atoms with van der Waals surface area (Å²) in [5.41, 5.74) is 2.12. The van der Waals surface area contributed by atoms with Crippen LogP contribution >= 0.6 is 0 Å². The standard InChI is InChI=1S/C18H21NO3/c1-21-16-10-15(11-17(12-16)22-2)13-19-18(20)9-8-14-6-4-3-5-7-14/h3-7,10-12H,8-9,13H2,1-2H3,(H,19,20). The minimum absolute atomic E-state index is 0.0330. The van der Waals surface area contributed by atoms with E-state index < -0.39 is 0 Å². The maximum atomic E-state index is 11.9. The third-order valence-electron chi connectivity index (χ3n) is 3.38. The molecular weight excluding hydrogens is 278 g/mol. The number of methoxy groups -OCH3 is 2. The van der Waals surface area contributed by atoms with Crippen LogP contribution in [0.15, 0.2) is 48.5 Å². The summed E-state index contributed by atoms with van der Waals surface area (Å²) in [6.07, 6.45) is 1.22. The zero-order valence-corrected chi connectivity index (χ0v) is 13.0. The topological polar surface area (TPSA) is 47.6 Å². The summed E-state index contributed by atoms with van der Waals surface area (Å²) in [6.45, 7) is 0.460. The predicted octanol–water partition coefficient (Wildman–Crippen LogP) is 2.95. The van der Waals surface area contributed by atoms with Crippen LogP contribution in [-0.2, 0) is 17.8 Å². The van der Waals surface area contributed by atoms with Gasteiger partial charge in [-0.1, -0.05) is 30.3 Å². The lowest BCUT2D eigenvalue weighted by Gasteiger charge is -2.09. The van der Waals surface area contributed by atoms with E-state index in [9.17, 15) is 4.79 Å². The molecule has 0 saturated carbocycles. The molecule has 0 aliphatic rings. The Kier molecular flexibility index (Phi) is 5.83. The van der Waals surface area contributed by atoms with Gasteiger partial charge in [-0.25, -0.2) is 0 Å². The fourth-order valence-electron chi connectivity index (χ4n) is 2.16. The fourth-order valence-corrected chi connectivity index (χ4v) is 2.16. The van der Waals surface area contributed by atoms with Crippen LogP contribution in [-0.4, -0.2) is 20.1 Å². The smallest absolute Gasteiger partial charge is 0.220 e. The summed E-state index contributed by atoms with van der Waals surface area (Å²) in [7, 11) is 3.22. The number of carbonyl (C=O) groups is 1. The zero-order valence-electron chi connectivity index (χ0n) is 13.0. The van der Waals surface area contributed by atoms with Gasteiger partial charge in [0.15, 0.2) is 0 Å². The highest BCUT2D eigenvalue weighted by molar-refractivity contribution is 5.76. The van der Waals surface area contributed by atoms with Crippen LogP contribution < -0.4 is 14.8 Å². The summed E-state index contributed by atoms with van der Waals surface area (Å²) >= 11 is 0. The molecule has 2 aromatic rings. The van der Waals surface area contributed by atoms with Crippen molar-refractivity contribution in [3.05, 3.63) is 59.7 Å². The molecule has 4 nitrogen and oxygen atoms in total. The molecule has 0 atom stereocenters. The van der Waals surface area contributed by atoms with Crippen molar-refractivity contribution < 1.29 is 14.3 Å². The van der Waals surface area contributed by atoms with E-state index in [0.29, 0.717) is 24.5 Å². The first-order valence-corrected chi connectivity index (χ1v) is 7.24. The Bertz CT molecular complexity index is 589. The van der Waals surface area contributed by atoms with Gasteiger partial charge in [0, 0.05) is 19.0 Å². The lowest BCUT2D eigenvalue weighted by Crippen LogP contribution is -2.23. The Balaban J connectivity index is 1.85.